The molecule has 8 heteroatoms. The van der Waals surface area contributed by atoms with Crippen molar-refractivity contribution in [1.82, 2.24) is 0 Å². The van der Waals surface area contributed by atoms with Gasteiger partial charge in [0, 0.05) is 0 Å². The molecule has 0 spiro atoms. The summed E-state index contributed by atoms with van der Waals surface area (Å²) in [4.78, 5) is -0.459. The number of allylic oxidation sites excluding steroid dienone is 3. The maximum Gasteiger partial charge on any atom is 0.294 e. The van der Waals surface area contributed by atoms with Gasteiger partial charge in [0.2, 0.25) is 0 Å². The van der Waals surface area contributed by atoms with Gasteiger partial charge in [-0.25, -0.2) is 0 Å². The van der Waals surface area contributed by atoms with E-state index in [2.05, 4.69) is 0 Å². The molecule has 1 atom stereocenters. The topological polar surface area (TPSA) is 109 Å². The number of hydrogen-bond donors (Lipinski definition) is 2. The van der Waals surface area contributed by atoms with Crippen molar-refractivity contribution in [2.45, 2.75) is 16.1 Å². The van der Waals surface area contributed by atoms with Gasteiger partial charge in [0.1, 0.15) is 4.75 Å². The fraction of sp³-hybridized carbons (Fsp3) is 0.0833. The molecule has 4 rings (SSSR count). The summed E-state index contributed by atoms with van der Waals surface area (Å²) in [6, 6.07) is 20.6. The Morgan fingerprint density at radius 3 is 1.97 bits per heavy atom. The number of hydrogen-bond acceptors (Lipinski definition) is 4. The predicted octanol–water partition coefficient (Wildman–Crippen LogP) is 4.87. The molecule has 3 aromatic carbocycles. The van der Waals surface area contributed by atoms with Gasteiger partial charge in [0.25, 0.3) is 20.2 Å². The average Bonchev–Trinajstić information content (AvgIpc) is 2.78. The van der Waals surface area contributed by atoms with Crippen LogP contribution in [0.3, 0.4) is 0 Å². The van der Waals surface area contributed by atoms with E-state index in [4.69, 9.17) is 0 Å². The molecule has 0 saturated carbocycles. The van der Waals surface area contributed by atoms with Crippen molar-refractivity contribution in [1.29, 1.82) is 0 Å². The Hall–Kier alpha value is -3.04. The second kappa shape index (κ2) is 8.14. The molecular formula is C24H20O6S2. The van der Waals surface area contributed by atoms with Crippen molar-refractivity contribution in [3.05, 3.63) is 103 Å². The lowest BCUT2D eigenvalue weighted by Crippen LogP contribution is -2.34. The molecule has 0 heterocycles. The van der Waals surface area contributed by atoms with Crippen LogP contribution in [0, 0.1) is 0 Å². The third-order valence-corrected chi connectivity index (χ3v) is 7.83. The van der Waals surface area contributed by atoms with Crippen LogP contribution < -0.4 is 0 Å². The van der Waals surface area contributed by atoms with E-state index < -0.39 is 29.9 Å². The smallest absolute Gasteiger partial charge is 0.285 e. The fourth-order valence-corrected chi connectivity index (χ4v) is 5.50. The Kier molecular flexibility index (Phi) is 5.64. The normalized spacial score (nSPS) is 18.6. The standard InChI is InChI=1S/C24H20O6S2/c25-31(26,27)19-13-14-22(21-12-6-5-11-20(21)18-9-3-1-4-10-18)23(17-19)24(32(28,29)30)15-7-2-8-16-24/h1-15,17H,16H2,(H,25,26,27)(H,28,29,30). The Balaban J connectivity index is 2.09. The number of rotatable bonds is 5. The zero-order valence-corrected chi connectivity index (χ0v) is 18.4. The Morgan fingerprint density at radius 2 is 1.38 bits per heavy atom. The van der Waals surface area contributed by atoms with Crippen LogP contribution in [0.5, 0.6) is 0 Å². The molecule has 0 fully saturated rings. The molecule has 0 amide bonds. The molecule has 1 aliphatic rings. The quantitative estimate of drug-likeness (QED) is 0.517. The molecule has 0 saturated heterocycles. The zero-order valence-electron chi connectivity index (χ0n) is 16.8. The van der Waals surface area contributed by atoms with E-state index in [1.807, 2.05) is 42.5 Å². The molecule has 1 unspecified atom stereocenters. The van der Waals surface area contributed by atoms with Gasteiger partial charge in [-0.2, -0.15) is 16.8 Å². The van der Waals surface area contributed by atoms with Crippen LogP contribution in [-0.2, 0) is 25.0 Å². The van der Waals surface area contributed by atoms with E-state index in [1.165, 1.54) is 24.3 Å². The Bertz CT molecular complexity index is 1440. The summed E-state index contributed by atoms with van der Waals surface area (Å²) in [6.45, 7) is 0. The monoisotopic (exact) mass is 468 g/mol. The lowest BCUT2D eigenvalue weighted by Gasteiger charge is -2.31. The summed E-state index contributed by atoms with van der Waals surface area (Å²) in [5.41, 5.74) is 2.82. The summed E-state index contributed by atoms with van der Waals surface area (Å²) in [5.74, 6) is 0. The summed E-state index contributed by atoms with van der Waals surface area (Å²) in [6.07, 6.45) is 5.95. The summed E-state index contributed by atoms with van der Waals surface area (Å²) >= 11 is 0. The van der Waals surface area contributed by atoms with Crippen molar-refractivity contribution < 1.29 is 25.9 Å². The first-order valence-electron chi connectivity index (χ1n) is 9.72. The van der Waals surface area contributed by atoms with Gasteiger partial charge in [-0.15, -0.1) is 0 Å². The Morgan fingerprint density at radius 1 is 0.719 bits per heavy atom. The largest absolute Gasteiger partial charge is 0.294 e. The lowest BCUT2D eigenvalue weighted by molar-refractivity contribution is 0.447. The molecule has 32 heavy (non-hydrogen) atoms. The molecule has 0 radical (unpaired) electrons. The van der Waals surface area contributed by atoms with E-state index in [9.17, 15) is 25.9 Å². The summed E-state index contributed by atoms with van der Waals surface area (Å²) in [5, 5.41) is 0. The fourth-order valence-electron chi connectivity index (χ4n) is 3.99. The van der Waals surface area contributed by atoms with Crippen molar-refractivity contribution in [3.63, 3.8) is 0 Å². The maximum atomic E-state index is 12.7. The van der Waals surface area contributed by atoms with Crippen LogP contribution in [0.25, 0.3) is 22.3 Å². The summed E-state index contributed by atoms with van der Waals surface area (Å²) < 4.78 is 67.1. The van der Waals surface area contributed by atoms with Crippen molar-refractivity contribution >= 4 is 20.2 Å². The van der Waals surface area contributed by atoms with Crippen LogP contribution in [0.1, 0.15) is 12.0 Å². The van der Waals surface area contributed by atoms with E-state index in [1.54, 1.807) is 24.3 Å². The minimum absolute atomic E-state index is 0.0547. The molecule has 0 bridgehead atoms. The van der Waals surface area contributed by atoms with Gasteiger partial charge >= 0.3 is 0 Å². The Labute approximate surface area is 187 Å². The van der Waals surface area contributed by atoms with Gasteiger partial charge in [-0.1, -0.05) is 85.0 Å². The first-order valence-corrected chi connectivity index (χ1v) is 12.6. The van der Waals surface area contributed by atoms with Crippen LogP contribution in [0.15, 0.2) is 102 Å². The van der Waals surface area contributed by atoms with Crippen LogP contribution >= 0.6 is 0 Å². The highest BCUT2D eigenvalue weighted by Gasteiger charge is 2.44. The average molecular weight is 469 g/mol. The maximum absolute atomic E-state index is 12.7. The highest BCUT2D eigenvalue weighted by Crippen LogP contribution is 2.45. The van der Waals surface area contributed by atoms with Crippen LogP contribution in [-0.4, -0.2) is 25.9 Å². The first kappa shape index (κ1) is 22.2. The minimum Gasteiger partial charge on any atom is -0.285 e. The van der Waals surface area contributed by atoms with Gasteiger partial charge in [0.15, 0.2) is 0 Å². The molecule has 1 aliphatic carbocycles. The van der Waals surface area contributed by atoms with Gasteiger partial charge in [-0.3, -0.25) is 9.11 Å². The lowest BCUT2D eigenvalue weighted by atomic mass is 9.83. The predicted molar refractivity (Wildman–Crippen MR) is 123 cm³/mol. The zero-order chi connectivity index (χ0) is 23.0. The van der Waals surface area contributed by atoms with E-state index in [-0.39, 0.29) is 12.0 Å². The van der Waals surface area contributed by atoms with E-state index >= 15 is 0 Å². The second-order valence-corrected chi connectivity index (χ2v) is 10.6. The molecule has 164 valence electrons. The van der Waals surface area contributed by atoms with Gasteiger partial charge in [0.05, 0.1) is 4.90 Å². The molecule has 2 N–H and O–H groups in total. The van der Waals surface area contributed by atoms with Gasteiger partial charge < -0.3 is 0 Å². The minimum atomic E-state index is -4.73. The highest BCUT2D eigenvalue weighted by molar-refractivity contribution is 7.87. The first-order chi connectivity index (χ1) is 15.1. The molecule has 3 aromatic rings. The second-order valence-electron chi connectivity index (χ2n) is 7.45. The van der Waals surface area contributed by atoms with Crippen LogP contribution in [0.2, 0.25) is 0 Å². The molecular weight excluding hydrogens is 448 g/mol. The highest BCUT2D eigenvalue weighted by atomic mass is 32.2. The third kappa shape index (κ3) is 3.93. The van der Waals surface area contributed by atoms with Gasteiger partial charge in [-0.05, 0) is 46.4 Å². The van der Waals surface area contributed by atoms with E-state index in [0.717, 1.165) is 17.2 Å². The number of benzene rings is 3. The van der Waals surface area contributed by atoms with E-state index in [0.29, 0.717) is 11.1 Å². The molecule has 0 aliphatic heterocycles. The molecule has 6 nitrogen and oxygen atoms in total. The van der Waals surface area contributed by atoms with Crippen molar-refractivity contribution in [2.75, 3.05) is 0 Å². The molecule has 0 aromatic heterocycles. The van der Waals surface area contributed by atoms with Crippen molar-refractivity contribution in [2.24, 2.45) is 0 Å². The van der Waals surface area contributed by atoms with Crippen molar-refractivity contribution in [3.8, 4) is 22.3 Å². The SMILES string of the molecule is O=S(=O)(O)c1ccc(-c2ccccc2-c2ccccc2)c(C2(S(=O)(=O)O)C=CC=CC2)c1. The van der Waals surface area contributed by atoms with Crippen LogP contribution in [0.4, 0.5) is 0 Å². The third-order valence-electron chi connectivity index (χ3n) is 5.54. The summed E-state index contributed by atoms with van der Waals surface area (Å²) in [7, 11) is -9.34.